The van der Waals surface area contributed by atoms with Crippen LogP contribution in [0.5, 0.6) is 0 Å². The van der Waals surface area contributed by atoms with Crippen molar-refractivity contribution in [1.29, 1.82) is 0 Å². The van der Waals surface area contributed by atoms with Crippen molar-refractivity contribution < 1.29 is 9.53 Å². The minimum atomic E-state index is -0.612. The molecule has 5 nitrogen and oxygen atoms in total. The lowest BCUT2D eigenvalue weighted by atomic mass is 9.96. The van der Waals surface area contributed by atoms with Gasteiger partial charge < -0.3 is 10.1 Å². The van der Waals surface area contributed by atoms with Gasteiger partial charge in [-0.2, -0.15) is 0 Å². The second kappa shape index (κ2) is 5.67. The standard InChI is InChI=1S/C12H17N3O2S/c1-13-12(9-4-5-9,10(16)17-2)8-18-11-14-6-3-7-15-11/h3,6-7,9,13H,4-5,8H2,1-2H3. The second-order valence-corrected chi connectivity index (χ2v) is 5.25. The lowest BCUT2D eigenvalue weighted by molar-refractivity contribution is -0.148. The summed E-state index contributed by atoms with van der Waals surface area (Å²) in [6, 6.07) is 1.77. The van der Waals surface area contributed by atoms with Gasteiger partial charge in [-0.15, -0.1) is 0 Å². The zero-order valence-corrected chi connectivity index (χ0v) is 11.4. The van der Waals surface area contributed by atoms with Gasteiger partial charge in [0.25, 0.3) is 0 Å². The maximum absolute atomic E-state index is 12.0. The van der Waals surface area contributed by atoms with Crippen molar-refractivity contribution in [3.8, 4) is 0 Å². The molecule has 0 saturated heterocycles. The minimum absolute atomic E-state index is 0.198. The number of hydrogen-bond donors (Lipinski definition) is 1. The number of aromatic nitrogens is 2. The Balaban J connectivity index is 2.08. The summed E-state index contributed by atoms with van der Waals surface area (Å²) in [6.07, 6.45) is 5.52. The third kappa shape index (κ3) is 2.64. The summed E-state index contributed by atoms with van der Waals surface area (Å²) in [4.78, 5) is 20.3. The van der Waals surface area contributed by atoms with Gasteiger partial charge in [0.2, 0.25) is 0 Å². The summed E-state index contributed by atoms with van der Waals surface area (Å²) in [7, 11) is 3.24. The number of methoxy groups -OCH3 is 1. The van der Waals surface area contributed by atoms with Crippen molar-refractivity contribution in [1.82, 2.24) is 15.3 Å². The second-order valence-electron chi connectivity index (χ2n) is 4.31. The van der Waals surface area contributed by atoms with Gasteiger partial charge in [-0.3, -0.25) is 4.79 Å². The summed E-state index contributed by atoms with van der Waals surface area (Å²) in [5.41, 5.74) is -0.612. The molecule has 0 aliphatic heterocycles. The number of hydrogen-bond acceptors (Lipinski definition) is 6. The highest BCUT2D eigenvalue weighted by molar-refractivity contribution is 7.99. The predicted molar refractivity (Wildman–Crippen MR) is 69.3 cm³/mol. The van der Waals surface area contributed by atoms with Crippen molar-refractivity contribution >= 4 is 17.7 Å². The fourth-order valence-electron chi connectivity index (χ4n) is 2.02. The van der Waals surface area contributed by atoms with Crippen molar-refractivity contribution in [3.63, 3.8) is 0 Å². The molecular formula is C12H17N3O2S. The van der Waals surface area contributed by atoms with Gasteiger partial charge in [-0.05, 0) is 31.9 Å². The number of thioether (sulfide) groups is 1. The number of carbonyl (C=O) groups is 1. The van der Waals surface area contributed by atoms with E-state index in [1.165, 1.54) is 18.9 Å². The van der Waals surface area contributed by atoms with E-state index < -0.39 is 5.54 Å². The SMILES string of the molecule is CNC(CSc1ncccn1)(C(=O)OC)C1CC1. The van der Waals surface area contributed by atoms with E-state index in [1.807, 2.05) is 7.05 Å². The molecule has 1 saturated carbocycles. The first-order valence-corrected chi connectivity index (χ1v) is 6.88. The molecule has 1 atom stereocenters. The Morgan fingerprint density at radius 2 is 2.22 bits per heavy atom. The highest BCUT2D eigenvalue weighted by Crippen LogP contribution is 2.42. The van der Waals surface area contributed by atoms with Crippen LogP contribution in [-0.2, 0) is 9.53 Å². The Kier molecular flexibility index (Phi) is 4.19. The molecule has 1 aromatic heterocycles. The van der Waals surface area contributed by atoms with Crippen LogP contribution in [0.3, 0.4) is 0 Å². The van der Waals surface area contributed by atoms with Crippen molar-refractivity contribution in [2.75, 3.05) is 19.9 Å². The lowest BCUT2D eigenvalue weighted by Crippen LogP contribution is -2.55. The normalized spacial score (nSPS) is 18.1. The van der Waals surface area contributed by atoms with Crippen molar-refractivity contribution in [2.45, 2.75) is 23.5 Å². The molecule has 1 aliphatic carbocycles. The van der Waals surface area contributed by atoms with E-state index in [0.29, 0.717) is 16.8 Å². The van der Waals surface area contributed by atoms with E-state index in [9.17, 15) is 4.79 Å². The molecule has 0 radical (unpaired) electrons. The van der Waals surface area contributed by atoms with E-state index in [-0.39, 0.29) is 5.97 Å². The molecule has 18 heavy (non-hydrogen) atoms. The van der Waals surface area contributed by atoms with Crippen LogP contribution in [0.4, 0.5) is 0 Å². The zero-order valence-electron chi connectivity index (χ0n) is 10.5. The number of nitrogens with one attached hydrogen (secondary N) is 1. The lowest BCUT2D eigenvalue weighted by Gasteiger charge is -2.30. The molecule has 98 valence electrons. The number of carbonyl (C=O) groups excluding carboxylic acids is 1. The predicted octanol–water partition coefficient (Wildman–Crippen LogP) is 1.11. The molecular weight excluding hydrogens is 250 g/mol. The van der Waals surface area contributed by atoms with Crippen molar-refractivity contribution in [2.24, 2.45) is 5.92 Å². The fraction of sp³-hybridized carbons (Fsp3) is 0.583. The first kappa shape index (κ1) is 13.3. The Bertz CT molecular complexity index is 411. The number of likely N-dealkylation sites (N-methyl/N-ethyl adjacent to an activating group) is 1. The number of rotatable bonds is 6. The smallest absolute Gasteiger partial charge is 0.327 e. The van der Waals surface area contributed by atoms with Gasteiger partial charge in [0.05, 0.1) is 7.11 Å². The van der Waals surface area contributed by atoms with Gasteiger partial charge in [0.1, 0.15) is 5.54 Å². The van der Waals surface area contributed by atoms with E-state index in [0.717, 1.165) is 12.8 Å². The van der Waals surface area contributed by atoms with Gasteiger partial charge in [-0.1, -0.05) is 11.8 Å². The van der Waals surface area contributed by atoms with Crippen LogP contribution in [0.25, 0.3) is 0 Å². The molecule has 1 aromatic rings. The molecule has 0 bridgehead atoms. The molecule has 1 heterocycles. The zero-order chi connectivity index (χ0) is 13.0. The molecule has 6 heteroatoms. The van der Waals surface area contributed by atoms with Crippen LogP contribution in [0.15, 0.2) is 23.6 Å². The highest BCUT2D eigenvalue weighted by atomic mass is 32.2. The largest absolute Gasteiger partial charge is 0.468 e. The quantitative estimate of drug-likeness (QED) is 0.473. The highest BCUT2D eigenvalue weighted by Gasteiger charge is 2.51. The topological polar surface area (TPSA) is 64.1 Å². The summed E-state index contributed by atoms with van der Waals surface area (Å²) < 4.78 is 4.94. The van der Waals surface area contributed by atoms with Crippen LogP contribution >= 0.6 is 11.8 Å². The van der Waals surface area contributed by atoms with E-state index in [2.05, 4.69) is 15.3 Å². The Morgan fingerprint density at radius 3 is 2.72 bits per heavy atom. The summed E-state index contributed by atoms with van der Waals surface area (Å²) in [6.45, 7) is 0. The molecule has 1 unspecified atom stereocenters. The van der Waals surface area contributed by atoms with Gasteiger partial charge in [-0.25, -0.2) is 9.97 Å². The molecule has 0 spiro atoms. The molecule has 0 aromatic carbocycles. The monoisotopic (exact) mass is 267 g/mol. The molecule has 1 N–H and O–H groups in total. The van der Waals surface area contributed by atoms with Crippen LogP contribution in [0.2, 0.25) is 0 Å². The van der Waals surface area contributed by atoms with E-state index in [4.69, 9.17) is 4.74 Å². The number of esters is 1. The fourth-order valence-corrected chi connectivity index (χ4v) is 3.14. The molecule has 1 aliphatic rings. The average Bonchev–Trinajstić information content (AvgIpc) is 3.26. The summed E-state index contributed by atoms with van der Waals surface area (Å²) >= 11 is 1.48. The van der Waals surface area contributed by atoms with E-state index in [1.54, 1.807) is 18.5 Å². The third-order valence-corrected chi connectivity index (χ3v) is 4.31. The van der Waals surface area contributed by atoms with Gasteiger partial charge in [0, 0.05) is 18.1 Å². The first-order chi connectivity index (χ1) is 8.73. The summed E-state index contributed by atoms with van der Waals surface area (Å²) in [5.74, 6) is 0.743. The first-order valence-electron chi connectivity index (χ1n) is 5.90. The average molecular weight is 267 g/mol. The molecule has 2 rings (SSSR count). The Hall–Kier alpha value is -1.14. The molecule has 1 fully saturated rings. The third-order valence-electron chi connectivity index (χ3n) is 3.24. The van der Waals surface area contributed by atoms with E-state index >= 15 is 0 Å². The van der Waals surface area contributed by atoms with Crippen LogP contribution in [0, 0.1) is 5.92 Å². The van der Waals surface area contributed by atoms with Crippen LogP contribution in [0.1, 0.15) is 12.8 Å². The van der Waals surface area contributed by atoms with Gasteiger partial charge in [0.15, 0.2) is 5.16 Å². The number of ether oxygens (including phenoxy) is 1. The maximum atomic E-state index is 12.0. The minimum Gasteiger partial charge on any atom is -0.468 e. The van der Waals surface area contributed by atoms with Crippen LogP contribution in [-0.4, -0.2) is 41.4 Å². The number of nitrogens with zero attached hydrogens (tertiary/aromatic N) is 2. The Morgan fingerprint density at radius 1 is 1.56 bits per heavy atom. The van der Waals surface area contributed by atoms with Gasteiger partial charge >= 0.3 is 5.97 Å². The summed E-state index contributed by atoms with van der Waals surface area (Å²) in [5, 5.41) is 3.83. The Labute approximate surface area is 111 Å². The van der Waals surface area contributed by atoms with Crippen LogP contribution < -0.4 is 5.32 Å². The van der Waals surface area contributed by atoms with Crippen molar-refractivity contribution in [3.05, 3.63) is 18.5 Å². The molecule has 0 amide bonds. The maximum Gasteiger partial charge on any atom is 0.327 e.